The summed E-state index contributed by atoms with van der Waals surface area (Å²) in [5.41, 5.74) is 0. The molecule has 0 radical (unpaired) electrons. The molecule has 1 atom stereocenters. The number of carbonyl (C=O) groups excluding carboxylic acids is 1. The van der Waals surface area contributed by atoms with Crippen molar-refractivity contribution in [3.05, 3.63) is 0 Å². The zero-order chi connectivity index (χ0) is 13.1. The van der Waals surface area contributed by atoms with Gasteiger partial charge in [-0.25, -0.2) is 0 Å². The molecule has 2 nitrogen and oxygen atoms in total. The van der Waals surface area contributed by atoms with E-state index in [-0.39, 0.29) is 5.92 Å². The highest BCUT2D eigenvalue weighted by Gasteiger charge is 2.17. The molecular weight excluding hydrogens is 222 g/mol. The molecule has 0 aromatic rings. The lowest BCUT2D eigenvalue weighted by molar-refractivity contribution is -0.125. The van der Waals surface area contributed by atoms with E-state index in [1.54, 1.807) is 0 Å². The van der Waals surface area contributed by atoms with E-state index >= 15 is 0 Å². The van der Waals surface area contributed by atoms with Crippen LogP contribution < -0.4 is 5.32 Å². The van der Waals surface area contributed by atoms with Crippen molar-refractivity contribution in [2.45, 2.75) is 84.0 Å². The maximum Gasteiger partial charge on any atom is 0.223 e. The van der Waals surface area contributed by atoms with Crippen molar-refractivity contribution in [3.8, 4) is 0 Å². The Balaban J connectivity index is 2.37. The molecule has 1 aliphatic rings. The minimum atomic E-state index is 0.283. The molecule has 18 heavy (non-hydrogen) atoms. The third kappa shape index (κ3) is 7.03. The molecule has 1 aliphatic heterocycles. The van der Waals surface area contributed by atoms with Gasteiger partial charge in [-0.15, -0.1) is 0 Å². The Morgan fingerprint density at radius 3 is 2.28 bits per heavy atom. The molecule has 2 heteroatoms. The first kappa shape index (κ1) is 15.5. The van der Waals surface area contributed by atoms with Crippen molar-refractivity contribution in [2.75, 3.05) is 6.54 Å². The van der Waals surface area contributed by atoms with Crippen LogP contribution in [0.2, 0.25) is 0 Å². The van der Waals surface area contributed by atoms with Crippen LogP contribution in [-0.4, -0.2) is 12.5 Å². The lowest BCUT2D eigenvalue weighted by atomic mass is 9.94. The Morgan fingerprint density at radius 2 is 1.61 bits per heavy atom. The summed E-state index contributed by atoms with van der Waals surface area (Å²) < 4.78 is 0. The molecule has 106 valence electrons. The molecule has 0 saturated carbocycles. The summed E-state index contributed by atoms with van der Waals surface area (Å²) in [6.45, 7) is 3.10. The molecule has 1 N–H and O–H groups in total. The fourth-order valence-electron chi connectivity index (χ4n) is 2.79. The number of amides is 1. The fourth-order valence-corrected chi connectivity index (χ4v) is 2.79. The van der Waals surface area contributed by atoms with Gasteiger partial charge in [0.15, 0.2) is 0 Å². The van der Waals surface area contributed by atoms with E-state index in [0.717, 1.165) is 25.8 Å². The van der Waals surface area contributed by atoms with Crippen LogP contribution in [0.25, 0.3) is 0 Å². The van der Waals surface area contributed by atoms with E-state index in [0.29, 0.717) is 5.91 Å². The van der Waals surface area contributed by atoms with Crippen LogP contribution in [0.15, 0.2) is 0 Å². The maximum absolute atomic E-state index is 12.1. The molecule has 1 heterocycles. The first-order chi connectivity index (χ1) is 8.84. The predicted molar refractivity (Wildman–Crippen MR) is 77.6 cm³/mol. The highest BCUT2D eigenvalue weighted by atomic mass is 16.1. The molecule has 1 saturated heterocycles. The summed E-state index contributed by atoms with van der Waals surface area (Å²) in [6, 6.07) is 0. The third-order valence-electron chi connectivity index (χ3n) is 4.06. The van der Waals surface area contributed by atoms with Crippen LogP contribution in [0.5, 0.6) is 0 Å². The average molecular weight is 253 g/mol. The second-order valence-corrected chi connectivity index (χ2v) is 5.75. The Labute approximate surface area is 113 Å². The quantitative estimate of drug-likeness (QED) is 0.792. The molecule has 0 aliphatic carbocycles. The summed E-state index contributed by atoms with van der Waals surface area (Å²) in [5, 5.41) is 3.14. The number of rotatable bonds is 3. The van der Waals surface area contributed by atoms with Crippen LogP contribution in [0.3, 0.4) is 0 Å². The van der Waals surface area contributed by atoms with E-state index in [1.165, 1.54) is 57.8 Å². The fraction of sp³-hybridized carbons (Fsp3) is 0.938. The van der Waals surface area contributed by atoms with Gasteiger partial charge in [-0.05, 0) is 19.3 Å². The lowest BCUT2D eigenvalue weighted by Gasteiger charge is -2.16. The van der Waals surface area contributed by atoms with Gasteiger partial charge in [0.1, 0.15) is 0 Å². The summed E-state index contributed by atoms with van der Waals surface area (Å²) in [5.74, 6) is 0.605. The summed E-state index contributed by atoms with van der Waals surface area (Å²) >= 11 is 0. The van der Waals surface area contributed by atoms with Crippen LogP contribution in [0, 0.1) is 5.92 Å². The lowest BCUT2D eigenvalue weighted by Crippen LogP contribution is -2.31. The van der Waals surface area contributed by atoms with E-state index < -0.39 is 0 Å². The first-order valence-electron chi connectivity index (χ1n) is 8.12. The van der Waals surface area contributed by atoms with E-state index in [9.17, 15) is 4.79 Å². The van der Waals surface area contributed by atoms with Gasteiger partial charge in [0.05, 0.1) is 0 Å². The van der Waals surface area contributed by atoms with Crippen LogP contribution in [-0.2, 0) is 4.79 Å². The topological polar surface area (TPSA) is 29.1 Å². The van der Waals surface area contributed by atoms with Crippen molar-refractivity contribution < 1.29 is 4.79 Å². The summed E-state index contributed by atoms with van der Waals surface area (Å²) in [4.78, 5) is 12.1. The standard InChI is InChI=1S/C16H31NO/c1-2-3-12-15-13-10-8-6-4-5-7-9-11-14-17-16(15)18/h15H,2-14H2,1H3,(H,17,18). The Morgan fingerprint density at radius 1 is 1.00 bits per heavy atom. The Kier molecular flexibility index (Phi) is 8.97. The van der Waals surface area contributed by atoms with Crippen molar-refractivity contribution in [3.63, 3.8) is 0 Å². The second-order valence-electron chi connectivity index (χ2n) is 5.75. The zero-order valence-electron chi connectivity index (χ0n) is 12.2. The van der Waals surface area contributed by atoms with Gasteiger partial charge in [0.25, 0.3) is 0 Å². The molecule has 0 spiro atoms. The molecule has 0 aromatic carbocycles. The van der Waals surface area contributed by atoms with Gasteiger partial charge in [0.2, 0.25) is 5.91 Å². The predicted octanol–water partition coefficient (Wildman–Crippen LogP) is 4.43. The molecule has 1 rings (SSSR count). The monoisotopic (exact) mass is 253 g/mol. The minimum absolute atomic E-state index is 0.283. The van der Waals surface area contributed by atoms with Gasteiger partial charge < -0.3 is 5.32 Å². The highest BCUT2D eigenvalue weighted by Crippen LogP contribution is 2.19. The van der Waals surface area contributed by atoms with Gasteiger partial charge in [-0.2, -0.15) is 0 Å². The number of hydrogen-bond donors (Lipinski definition) is 1. The number of unbranched alkanes of at least 4 members (excludes halogenated alkanes) is 1. The van der Waals surface area contributed by atoms with E-state index in [1.807, 2.05) is 0 Å². The number of hydrogen-bond acceptors (Lipinski definition) is 1. The number of carbonyl (C=O) groups is 1. The molecule has 1 fully saturated rings. The van der Waals surface area contributed by atoms with Gasteiger partial charge >= 0.3 is 0 Å². The van der Waals surface area contributed by atoms with Crippen LogP contribution in [0.4, 0.5) is 0 Å². The smallest absolute Gasteiger partial charge is 0.223 e. The average Bonchev–Trinajstić information content (AvgIpc) is 2.40. The van der Waals surface area contributed by atoms with Crippen molar-refractivity contribution >= 4 is 5.91 Å². The van der Waals surface area contributed by atoms with Crippen LogP contribution >= 0.6 is 0 Å². The largest absolute Gasteiger partial charge is 0.356 e. The Hall–Kier alpha value is -0.530. The second kappa shape index (κ2) is 10.4. The van der Waals surface area contributed by atoms with Gasteiger partial charge in [0, 0.05) is 12.5 Å². The van der Waals surface area contributed by atoms with Crippen molar-refractivity contribution in [1.29, 1.82) is 0 Å². The minimum Gasteiger partial charge on any atom is -0.356 e. The molecule has 0 aromatic heterocycles. The molecule has 0 bridgehead atoms. The van der Waals surface area contributed by atoms with Gasteiger partial charge in [-0.1, -0.05) is 64.7 Å². The highest BCUT2D eigenvalue weighted by molar-refractivity contribution is 5.78. The molecule has 1 amide bonds. The molecule has 1 unspecified atom stereocenters. The van der Waals surface area contributed by atoms with Crippen molar-refractivity contribution in [2.24, 2.45) is 5.92 Å². The van der Waals surface area contributed by atoms with E-state index in [2.05, 4.69) is 12.2 Å². The summed E-state index contributed by atoms with van der Waals surface area (Å²) in [7, 11) is 0. The normalized spacial score (nSPS) is 24.5. The summed E-state index contributed by atoms with van der Waals surface area (Å²) in [6.07, 6.45) is 15.0. The first-order valence-corrected chi connectivity index (χ1v) is 8.12. The van der Waals surface area contributed by atoms with Gasteiger partial charge in [-0.3, -0.25) is 4.79 Å². The number of nitrogens with one attached hydrogen (secondary N) is 1. The Bertz CT molecular complexity index is 215. The molecular formula is C16H31NO. The van der Waals surface area contributed by atoms with Crippen LogP contribution in [0.1, 0.15) is 84.0 Å². The van der Waals surface area contributed by atoms with E-state index in [4.69, 9.17) is 0 Å². The maximum atomic E-state index is 12.1. The third-order valence-corrected chi connectivity index (χ3v) is 4.06. The zero-order valence-corrected chi connectivity index (χ0v) is 12.2. The van der Waals surface area contributed by atoms with Crippen molar-refractivity contribution in [1.82, 2.24) is 5.32 Å². The SMILES string of the molecule is CCCCC1CCCCCCCCCCNC1=O.